The van der Waals surface area contributed by atoms with Crippen LogP contribution in [0.4, 0.5) is 5.69 Å². The normalized spacial score (nSPS) is 16.0. The standard InChI is InChI=1S/C25H31N3O2/c1-3-29-17-7-15-27-16-14-25-24(20(27)2)18-28(26-25)22-10-12-23(13-11-22)30-19-21-8-5-4-6-9-21/h4-6,8-13H,3,7,14-19H2,1-2H3. The fourth-order valence-corrected chi connectivity index (χ4v) is 3.99. The molecule has 0 N–H and O–H groups in total. The van der Waals surface area contributed by atoms with E-state index in [4.69, 9.17) is 14.6 Å². The zero-order valence-corrected chi connectivity index (χ0v) is 18.0. The van der Waals surface area contributed by atoms with Crippen molar-refractivity contribution in [3.63, 3.8) is 0 Å². The molecule has 0 amide bonds. The van der Waals surface area contributed by atoms with E-state index >= 15 is 0 Å². The minimum Gasteiger partial charge on any atom is -0.489 e. The molecule has 0 bridgehead atoms. The monoisotopic (exact) mass is 405 g/mol. The molecule has 0 aliphatic carbocycles. The molecule has 2 aromatic rings. The van der Waals surface area contributed by atoms with Crippen molar-refractivity contribution in [2.45, 2.75) is 33.3 Å². The van der Waals surface area contributed by atoms with E-state index in [-0.39, 0.29) is 0 Å². The summed E-state index contributed by atoms with van der Waals surface area (Å²) >= 11 is 0. The van der Waals surface area contributed by atoms with Crippen LogP contribution < -0.4 is 9.75 Å². The number of rotatable bonds is 9. The highest BCUT2D eigenvalue weighted by Crippen LogP contribution is 2.30. The van der Waals surface area contributed by atoms with Gasteiger partial charge in [0.25, 0.3) is 0 Å². The Morgan fingerprint density at radius 1 is 1.03 bits per heavy atom. The first-order valence-electron chi connectivity index (χ1n) is 10.9. The van der Waals surface area contributed by atoms with Gasteiger partial charge in [0.2, 0.25) is 0 Å². The van der Waals surface area contributed by atoms with Crippen LogP contribution in [-0.4, -0.2) is 43.5 Å². The van der Waals surface area contributed by atoms with Crippen LogP contribution in [0.15, 0.2) is 71.0 Å². The van der Waals surface area contributed by atoms with Crippen molar-refractivity contribution < 1.29 is 9.47 Å². The average Bonchev–Trinajstić information content (AvgIpc) is 3.23. The van der Waals surface area contributed by atoms with Gasteiger partial charge in [-0.1, -0.05) is 30.3 Å². The predicted octanol–water partition coefficient (Wildman–Crippen LogP) is 4.85. The number of hydrazone groups is 1. The topological polar surface area (TPSA) is 37.3 Å². The van der Waals surface area contributed by atoms with Gasteiger partial charge in [0.15, 0.2) is 0 Å². The summed E-state index contributed by atoms with van der Waals surface area (Å²) in [5.74, 6) is 0.878. The maximum Gasteiger partial charge on any atom is 0.119 e. The third-order valence-corrected chi connectivity index (χ3v) is 5.73. The lowest BCUT2D eigenvalue weighted by Gasteiger charge is -2.31. The van der Waals surface area contributed by atoms with Crippen molar-refractivity contribution >= 4 is 11.4 Å². The number of fused-ring (bicyclic) bond motifs is 1. The molecule has 0 atom stereocenters. The highest BCUT2D eigenvalue weighted by Gasteiger charge is 2.28. The molecule has 0 saturated carbocycles. The maximum atomic E-state index is 5.91. The number of hydrogen-bond acceptors (Lipinski definition) is 5. The Hall–Kier alpha value is -2.79. The number of hydrogen-bond donors (Lipinski definition) is 0. The minimum atomic E-state index is 0.581. The summed E-state index contributed by atoms with van der Waals surface area (Å²) in [5, 5.41) is 7.01. The van der Waals surface area contributed by atoms with Gasteiger partial charge >= 0.3 is 0 Å². The van der Waals surface area contributed by atoms with Crippen molar-refractivity contribution in [2.24, 2.45) is 5.10 Å². The second-order valence-corrected chi connectivity index (χ2v) is 7.72. The van der Waals surface area contributed by atoms with Crippen molar-refractivity contribution in [3.05, 3.63) is 71.4 Å². The maximum absolute atomic E-state index is 5.91. The molecule has 2 heterocycles. The SMILES string of the molecule is CCOCCCN1CCC2=NN(c3ccc(OCc4ccccc4)cc3)CC2=C1C. The van der Waals surface area contributed by atoms with Gasteiger partial charge in [0.05, 0.1) is 17.9 Å². The Balaban J connectivity index is 1.36. The molecule has 158 valence electrons. The van der Waals surface area contributed by atoms with Gasteiger partial charge in [0, 0.05) is 44.0 Å². The zero-order chi connectivity index (χ0) is 20.8. The van der Waals surface area contributed by atoms with Gasteiger partial charge in [0.1, 0.15) is 12.4 Å². The van der Waals surface area contributed by atoms with E-state index in [0.717, 1.165) is 57.1 Å². The molecular formula is C25H31N3O2. The van der Waals surface area contributed by atoms with E-state index in [0.29, 0.717) is 6.61 Å². The quantitative estimate of drug-likeness (QED) is 0.559. The molecule has 30 heavy (non-hydrogen) atoms. The fourth-order valence-electron chi connectivity index (χ4n) is 3.99. The zero-order valence-electron chi connectivity index (χ0n) is 18.0. The first-order chi connectivity index (χ1) is 14.7. The van der Waals surface area contributed by atoms with Gasteiger partial charge < -0.3 is 14.4 Å². The van der Waals surface area contributed by atoms with Crippen LogP contribution in [0.5, 0.6) is 5.75 Å². The van der Waals surface area contributed by atoms with E-state index in [1.165, 1.54) is 22.5 Å². The second-order valence-electron chi connectivity index (χ2n) is 7.72. The Kier molecular flexibility index (Phi) is 6.70. The second kappa shape index (κ2) is 9.81. The number of nitrogens with zero attached hydrogens (tertiary/aromatic N) is 3. The Morgan fingerprint density at radius 2 is 1.83 bits per heavy atom. The largest absolute Gasteiger partial charge is 0.489 e. The molecule has 5 heteroatoms. The first-order valence-corrected chi connectivity index (χ1v) is 10.9. The van der Waals surface area contributed by atoms with Crippen LogP contribution >= 0.6 is 0 Å². The van der Waals surface area contributed by atoms with Crippen molar-refractivity contribution in [1.29, 1.82) is 0 Å². The van der Waals surface area contributed by atoms with E-state index in [9.17, 15) is 0 Å². The first kappa shape index (κ1) is 20.5. The lowest BCUT2D eigenvalue weighted by molar-refractivity contribution is 0.136. The summed E-state index contributed by atoms with van der Waals surface area (Å²) in [4.78, 5) is 2.48. The van der Waals surface area contributed by atoms with E-state index in [1.54, 1.807) is 0 Å². The average molecular weight is 406 g/mol. The van der Waals surface area contributed by atoms with Crippen molar-refractivity contribution in [3.8, 4) is 5.75 Å². The van der Waals surface area contributed by atoms with E-state index < -0.39 is 0 Å². The third kappa shape index (κ3) is 4.85. The van der Waals surface area contributed by atoms with Gasteiger partial charge in [-0.05, 0) is 50.1 Å². The number of anilines is 1. The summed E-state index contributed by atoms with van der Waals surface area (Å²) in [7, 11) is 0. The summed E-state index contributed by atoms with van der Waals surface area (Å²) in [5.41, 5.74) is 6.25. The van der Waals surface area contributed by atoms with Gasteiger partial charge in [-0.3, -0.25) is 5.01 Å². The van der Waals surface area contributed by atoms with Crippen LogP contribution in [0.25, 0.3) is 0 Å². The van der Waals surface area contributed by atoms with Crippen LogP contribution in [-0.2, 0) is 11.3 Å². The van der Waals surface area contributed by atoms with Gasteiger partial charge in [-0.25, -0.2) is 0 Å². The van der Waals surface area contributed by atoms with Crippen LogP contribution in [0.3, 0.4) is 0 Å². The highest BCUT2D eigenvalue weighted by atomic mass is 16.5. The van der Waals surface area contributed by atoms with E-state index in [1.807, 2.05) is 37.3 Å². The van der Waals surface area contributed by atoms with Gasteiger partial charge in [-0.15, -0.1) is 0 Å². The summed E-state index contributed by atoms with van der Waals surface area (Å²) in [6, 6.07) is 18.5. The Labute approximate surface area is 179 Å². The molecule has 0 unspecified atom stereocenters. The molecule has 5 nitrogen and oxygen atoms in total. The number of benzene rings is 2. The highest BCUT2D eigenvalue weighted by molar-refractivity contribution is 6.04. The van der Waals surface area contributed by atoms with Crippen LogP contribution in [0.1, 0.15) is 32.3 Å². The Bertz CT molecular complexity index is 890. The smallest absolute Gasteiger partial charge is 0.119 e. The minimum absolute atomic E-state index is 0.581. The molecule has 0 saturated heterocycles. The van der Waals surface area contributed by atoms with Crippen LogP contribution in [0, 0.1) is 0 Å². The summed E-state index contributed by atoms with van der Waals surface area (Å²) in [6.07, 6.45) is 2.08. The molecule has 0 radical (unpaired) electrons. The fraction of sp³-hybridized carbons (Fsp3) is 0.400. The number of allylic oxidation sites excluding steroid dienone is 1. The lowest BCUT2D eigenvalue weighted by Crippen LogP contribution is -2.33. The molecule has 4 rings (SSSR count). The Morgan fingerprint density at radius 3 is 2.60 bits per heavy atom. The molecule has 2 aliphatic heterocycles. The van der Waals surface area contributed by atoms with Crippen LogP contribution in [0.2, 0.25) is 0 Å². The van der Waals surface area contributed by atoms with Gasteiger partial charge in [-0.2, -0.15) is 5.10 Å². The summed E-state index contributed by atoms with van der Waals surface area (Å²) < 4.78 is 11.4. The van der Waals surface area contributed by atoms with E-state index in [2.05, 4.69) is 41.1 Å². The number of ether oxygens (including phenoxy) is 2. The van der Waals surface area contributed by atoms with Crippen molar-refractivity contribution in [2.75, 3.05) is 37.9 Å². The predicted molar refractivity (Wildman–Crippen MR) is 122 cm³/mol. The lowest BCUT2D eigenvalue weighted by atomic mass is 10.0. The third-order valence-electron chi connectivity index (χ3n) is 5.73. The molecule has 2 aliphatic rings. The molecule has 0 spiro atoms. The molecular weight excluding hydrogens is 374 g/mol. The summed E-state index contributed by atoms with van der Waals surface area (Å²) in [6.45, 7) is 9.42. The molecule has 2 aromatic carbocycles. The molecule has 0 aromatic heterocycles. The molecule has 0 fully saturated rings. The van der Waals surface area contributed by atoms with Crippen molar-refractivity contribution in [1.82, 2.24) is 4.90 Å².